The van der Waals surface area contributed by atoms with Gasteiger partial charge in [0.2, 0.25) is 0 Å². The molecule has 0 saturated carbocycles. The van der Waals surface area contributed by atoms with E-state index in [0.717, 1.165) is 36.4 Å². The van der Waals surface area contributed by atoms with E-state index >= 15 is 0 Å². The van der Waals surface area contributed by atoms with Crippen LogP contribution in [0.4, 0.5) is 0 Å². The van der Waals surface area contributed by atoms with E-state index in [9.17, 15) is 0 Å². The largest absolute Gasteiger partial charge is 0.497 e. The summed E-state index contributed by atoms with van der Waals surface area (Å²) in [5.74, 6) is 0.848. The van der Waals surface area contributed by atoms with Crippen LogP contribution >= 0.6 is 0 Å². The smallest absolute Gasteiger partial charge is 0.118 e. The zero-order chi connectivity index (χ0) is 17.5. The minimum absolute atomic E-state index is 0.331. The molecule has 1 atom stereocenters. The van der Waals surface area contributed by atoms with Crippen LogP contribution in [0.5, 0.6) is 5.75 Å². The van der Waals surface area contributed by atoms with Crippen molar-refractivity contribution in [1.82, 2.24) is 19.6 Å². The molecule has 1 unspecified atom stereocenters. The summed E-state index contributed by atoms with van der Waals surface area (Å²) in [6.07, 6.45) is 4.21. The second-order valence-corrected chi connectivity index (χ2v) is 6.81. The van der Waals surface area contributed by atoms with Crippen LogP contribution in [-0.2, 0) is 13.0 Å². The Morgan fingerprint density at radius 2 is 1.92 bits per heavy atom. The monoisotopic (exact) mass is 344 g/mol. The van der Waals surface area contributed by atoms with Gasteiger partial charge in [-0.1, -0.05) is 23.4 Å². The SMILES string of the molecule is COc1ccc(-c2cn(C3CCc4cc5ccccc5n4C3)nn2)cc1. The molecule has 0 radical (unpaired) electrons. The molecule has 2 aromatic heterocycles. The number of ether oxygens (including phenoxy) is 1. The number of aryl methyl sites for hydroxylation is 1. The van der Waals surface area contributed by atoms with Gasteiger partial charge in [-0.05, 0) is 54.6 Å². The van der Waals surface area contributed by atoms with Crippen LogP contribution in [0, 0.1) is 0 Å². The second-order valence-electron chi connectivity index (χ2n) is 6.81. The third-order valence-corrected chi connectivity index (χ3v) is 5.29. The lowest BCUT2D eigenvalue weighted by molar-refractivity contribution is 0.337. The van der Waals surface area contributed by atoms with Crippen molar-refractivity contribution >= 4 is 10.9 Å². The summed E-state index contributed by atoms with van der Waals surface area (Å²) in [5.41, 5.74) is 4.68. The maximum atomic E-state index is 5.22. The first-order chi connectivity index (χ1) is 12.8. The van der Waals surface area contributed by atoms with E-state index in [4.69, 9.17) is 4.74 Å². The molecule has 0 fully saturated rings. The van der Waals surface area contributed by atoms with Crippen molar-refractivity contribution in [2.45, 2.75) is 25.4 Å². The number of para-hydroxylation sites is 1. The first-order valence-corrected chi connectivity index (χ1v) is 8.95. The second kappa shape index (κ2) is 6.02. The molecule has 2 aromatic carbocycles. The van der Waals surface area contributed by atoms with Gasteiger partial charge in [0.15, 0.2) is 0 Å². The van der Waals surface area contributed by atoms with E-state index in [1.165, 1.54) is 16.6 Å². The Morgan fingerprint density at radius 1 is 1.08 bits per heavy atom. The molecule has 5 nitrogen and oxygen atoms in total. The normalized spacial score (nSPS) is 16.6. The summed E-state index contributed by atoms with van der Waals surface area (Å²) in [5, 5.41) is 10.1. The Balaban J connectivity index is 1.43. The number of hydrogen-bond donors (Lipinski definition) is 0. The standard InChI is InChI=1S/C21H20N4O/c1-26-19-10-6-15(7-11-19)20-14-25(23-22-20)18-9-8-17-12-16-4-2-3-5-21(16)24(17)13-18/h2-7,10-12,14,18H,8-9,13H2,1H3. The molecule has 0 saturated heterocycles. The Hall–Kier alpha value is -3.08. The van der Waals surface area contributed by atoms with Crippen LogP contribution in [0.2, 0.25) is 0 Å². The molecule has 5 rings (SSSR count). The van der Waals surface area contributed by atoms with Crippen molar-refractivity contribution in [3.05, 3.63) is 66.5 Å². The van der Waals surface area contributed by atoms with E-state index in [2.05, 4.69) is 51.4 Å². The molecule has 26 heavy (non-hydrogen) atoms. The molecule has 130 valence electrons. The first kappa shape index (κ1) is 15.2. The predicted octanol–water partition coefficient (Wildman–Crippen LogP) is 4.10. The van der Waals surface area contributed by atoms with Gasteiger partial charge in [0.25, 0.3) is 0 Å². The quantitative estimate of drug-likeness (QED) is 0.562. The van der Waals surface area contributed by atoms with E-state index in [-0.39, 0.29) is 0 Å². The Bertz CT molecular complexity index is 1060. The third-order valence-electron chi connectivity index (χ3n) is 5.29. The molecule has 4 aromatic rings. The predicted molar refractivity (Wildman–Crippen MR) is 101 cm³/mol. The number of aromatic nitrogens is 4. The van der Waals surface area contributed by atoms with Gasteiger partial charge >= 0.3 is 0 Å². The molecule has 3 heterocycles. The number of nitrogens with zero attached hydrogens (tertiary/aromatic N) is 4. The van der Waals surface area contributed by atoms with Crippen molar-refractivity contribution in [2.24, 2.45) is 0 Å². The minimum Gasteiger partial charge on any atom is -0.497 e. The summed E-state index contributed by atoms with van der Waals surface area (Å²) in [6, 6.07) is 19.2. The average Bonchev–Trinajstić information content (AvgIpc) is 3.32. The van der Waals surface area contributed by atoms with Crippen molar-refractivity contribution in [1.29, 1.82) is 0 Å². The molecule has 1 aliphatic rings. The van der Waals surface area contributed by atoms with Crippen LogP contribution < -0.4 is 4.74 Å². The van der Waals surface area contributed by atoms with Crippen molar-refractivity contribution < 1.29 is 4.74 Å². The fraction of sp³-hybridized carbons (Fsp3) is 0.238. The third kappa shape index (κ3) is 2.47. The first-order valence-electron chi connectivity index (χ1n) is 8.95. The van der Waals surface area contributed by atoms with Crippen molar-refractivity contribution in [2.75, 3.05) is 7.11 Å². The van der Waals surface area contributed by atoms with Crippen LogP contribution in [0.1, 0.15) is 18.2 Å². The van der Waals surface area contributed by atoms with Gasteiger partial charge in [-0.3, -0.25) is 0 Å². The lowest BCUT2D eigenvalue weighted by Gasteiger charge is -2.25. The summed E-state index contributed by atoms with van der Waals surface area (Å²) < 4.78 is 9.68. The van der Waals surface area contributed by atoms with Gasteiger partial charge in [0.1, 0.15) is 11.4 Å². The highest BCUT2D eigenvalue weighted by Crippen LogP contribution is 2.30. The molecule has 0 amide bonds. The lowest BCUT2D eigenvalue weighted by Crippen LogP contribution is -2.23. The fourth-order valence-electron chi connectivity index (χ4n) is 3.87. The van der Waals surface area contributed by atoms with E-state index in [0.29, 0.717) is 6.04 Å². The van der Waals surface area contributed by atoms with Gasteiger partial charge in [-0.2, -0.15) is 0 Å². The van der Waals surface area contributed by atoms with E-state index in [1.807, 2.05) is 28.9 Å². The van der Waals surface area contributed by atoms with Gasteiger partial charge in [0.05, 0.1) is 19.3 Å². The molecular weight excluding hydrogens is 324 g/mol. The fourth-order valence-corrected chi connectivity index (χ4v) is 3.87. The highest BCUT2D eigenvalue weighted by Gasteiger charge is 2.23. The molecule has 0 bridgehead atoms. The Labute approximate surface area is 151 Å². The maximum Gasteiger partial charge on any atom is 0.118 e. The molecule has 1 aliphatic heterocycles. The molecule has 5 heteroatoms. The van der Waals surface area contributed by atoms with Crippen molar-refractivity contribution in [3.8, 4) is 17.0 Å². The molecular formula is C21H20N4O. The topological polar surface area (TPSA) is 44.9 Å². The van der Waals surface area contributed by atoms with Gasteiger partial charge in [-0.15, -0.1) is 5.10 Å². The molecule has 0 spiro atoms. The summed E-state index contributed by atoms with van der Waals surface area (Å²) in [7, 11) is 1.67. The lowest BCUT2D eigenvalue weighted by atomic mass is 10.1. The highest BCUT2D eigenvalue weighted by molar-refractivity contribution is 5.81. The van der Waals surface area contributed by atoms with Gasteiger partial charge in [0, 0.05) is 23.3 Å². The summed E-state index contributed by atoms with van der Waals surface area (Å²) in [4.78, 5) is 0. The number of benzene rings is 2. The van der Waals surface area contributed by atoms with E-state index in [1.54, 1.807) is 7.11 Å². The highest BCUT2D eigenvalue weighted by atomic mass is 16.5. The molecule has 0 N–H and O–H groups in total. The van der Waals surface area contributed by atoms with Gasteiger partial charge in [-0.25, -0.2) is 4.68 Å². The number of fused-ring (bicyclic) bond motifs is 3. The van der Waals surface area contributed by atoms with Crippen LogP contribution in [0.15, 0.2) is 60.8 Å². The van der Waals surface area contributed by atoms with Crippen molar-refractivity contribution in [3.63, 3.8) is 0 Å². The molecule has 0 aliphatic carbocycles. The number of methoxy groups -OCH3 is 1. The minimum atomic E-state index is 0.331. The maximum absolute atomic E-state index is 5.22. The Kier molecular flexibility index (Phi) is 3.52. The van der Waals surface area contributed by atoms with Gasteiger partial charge < -0.3 is 9.30 Å². The van der Waals surface area contributed by atoms with Crippen LogP contribution in [0.25, 0.3) is 22.2 Å². The average molecular weight is 344 g/mol. The van der Waals surface area contributed by atoms with E-state index < -0.39 is 0 Å². The van der Waals surface area contributed by atoms with Crippen LogP contribution in [0.3, 0.4) is 0 Å². The summed E-state index contributed by atoms with van der Waals surface area (Å²) in [6.45, 7) is 0.939. The Morgan fingerprint density at radius 3 is 2.77 bits per heavy atom. The number of rotatable bonds is 3. The number of hydrogen-bond acceptors (Lipinski definition) is 3. The van der Waals surface area contributed by atoms with Crippen LogP contribution in [-0.4, -0.2) is 26.7 Å². The summed E-state index contributed by atoms with van der Waals surface area (Å²) >= 11 is 0. The zero-order valence-corrected chi connectivity index (χ0v) is 14.7. The zero-order valence-electron chi connectivity index (χ0n) is 14.7.